The molecule has 0 spiro atoms. The quantitative estimate of drug-likeness (QED) is 0.140. The van der Waals surface area contributed by atoms with Crippen LogP contribution in [0.1, 0.15) is 107 Å². The first kappa shape index (κ1) is 38.9. The summed E-state index contributed by atoms with van der Waals surface area (Å²) in [5.74, 6) is 0. The molecule has 0 bridgehead atoms. The minimum atomic E-state index is -0.652. The Kier molecular flexibility index (Phi) is 11.2. The maximum Gasteiger partial charge on any atom is 0.411 e. The van der Waals surface area contributed by atoms with Crippen molar-refractivity contribution in [3.05, 3.63) is 166 Å². The summed E-state index contributed by atoms with van der Waals surface area (Å²) in [5.41, 5.74) is 9.85. The number of hydrogen-bond acceptors (Lipinski definition) is 3. The number of nitrogens with one attached hydrogen (secondary N) is 3. The number of urea groups is 1. The molecule has 0 aliphatic heterocycles. The lowest BCUT2D eigenvalue weighted by Gasteiger charge is -2.38. The van der Waals surface area contributed by atoms with Gasteiger partial charge in [-0.2, -0.15) is 0 Å². The van der Waals surface area contributed by atoms with E-state index in [1.807, 2.05) is 24.3 Å². The van der Waals surface area contributed by atoms with Crippen LogP contribution in [0.3, 0.4) is 0 Å². The summed E-state index contributed by atoms with van der Waals surface area (Å²) in [7, 11) is 1.56. The van der Waals surface area contributed by atoms with Gasteiger partial charge in [-0.3, -0.25) is 5.32 Å². The van der Waals surface area contributed by atoms with Crippen LogP contribution in [0.2, 0.25) is 0 Å². The predicted octanol–water partition coefficient (Wildman–Crippen LogP) is 11.5. The van der Waals surface area contributed by atoms with Crippen LogP contribution in [0.15, 0.2) is 121 Å². The van der Waals surface area contributed by atoms with Gasteiger partial charge in [0.25, 0.3) is 0 Å². The Morgan fingerprint density at radius 2 is 0.755 bits per heavy atom. The molecule has 6 nitrogen and oxygen atoms in total. The molecule has 5 aromatic carbocycles. The molecule has 0 heterocycles. The van der Waals surface area contributed by atoms with Crippen LogP contribution < -0.4 is 16.0 Å². The standard InChI is InChI=1S/C47H55N3O3/c1-44(2,3)33-13-19-36(20-14-33)47(37-21-15-34(16-22-37)45(4,5)6,38-23-17-35(18-24-38)46(7,8)9)39-25-29-41(30-26-39)50-43(52)53-31-32-11-27-40(28-12-32)49-42(51)48-10/h11-30H,31H2,1-10H3,(H,50,52)(H2,48,49,51). The molecule has 0 aliphatic rings. The van der Waals surface area contributed by atoms with E-state index in [0.717, 1.165) is 27.8 Å². The average Bonchev–Trinajstić information content (AvgIpc) is 3.12. The topological polar surface area (TPSA) is 79.5 Å². The highest BCUT2D eigenvalue weighted by atomic mass is 16.5. The molecule has 6 heteroatoms. The largest absolute Gasteiger partial charge is 0.444 e. The SMILES string of the molecule is CNC(=O)Nc1ccc(COC(=O)Nc2ccc(C(c3ccc(C(C)(C)C)cc3)(c3ccc(C(C)(C)C)cc3)c3ccc(C(C)(C)C)cc3)cc2)cc1. The molecule has 0 saturated heterocycles. The summed E-state index contributed by atoms with van der Waals surface area (Å²) in [6, 6.07) is 42.2. The average molecular weight is 710 g/mol. The van der Waals surface area contributed by atoms with Gasteiger partial charge in [0.1, 0.15) is 6.61 Å². The highest BCUT2D eigenvalue weighted by Crippen LogP contribution is 2.47. The Bertz CT molecular complexity index is 1850. The number of ether oxygens (including phenoxy) is 1. The van der Waals surface area contributed by atoms with Crippen molar-refractivity contribution in [1.29, 1.82) is 0 Å². The van der Waals surface area contributed by atoms with E-state index in [1.54, 1.807) is 19.2 Å². The van der Waals surface area contributed by atoms with E-state index in [-0.39, 0.29) is 28.9 Å². The first-order valence-corrected chi connectivity index (χ1v) is 18.4. The number of benzene rings is 5. The molecule has 3 amide bonds. The molecule has 276 valence electrons. The van der Waals surface area contributed by atoms with Crippen molar-refractivity contribution in [2.24, 2.45) is 0 Å². The zero-order valence-electron chi connectivity index (χ0n) is 33.0. The number of carbonyl (C=O) groups is 2. The Morgan fingerprint density at radius 1 is 0.453 bits per heavy atom. The summed E-state index contributed by atoms with van der Waals surface area (Å²) in [5, 5.41) is 8.14. The van der Waals surface area contributed by atoms with Gasteiger partial charge in [-0.1, -0.05) is 159 Å². The number of carbonyl (C=O) groups excluding carboxylic acids is 2. The number of anilines is 2. The van der Waals surface area contributed by atoms with Gasteiger partial charge in [0.05, 0.1) is 5.41 Å². The first-order valence-electron chi connectivity index (χ1n) is 18.4. The fraction of sp³-hybridized carbons (Fsp3) is 0.319. The van der Waals surface area contributed by atoms with Crippen molar-refractivity contribution in [2.75, 3.05) is 17.7 Å². The maximum absolute atomic E-state index is 12.9. The lowest BCUT2D eigenvalue weighted by Crippen LogP contribution is -2.31. The van der Waals surface area contributed by atoms with Crippen molar-refractivity contribution < 1.29 is 14.3 Å². The third kappa shape index (κ3) is 9.00. The maximum atomic E-state index is 12.9. The first-order chi connectivity index (χ1) is 24.9. The summed E-state index contributed by atoms with van der Waals surface area (Å²) < 4.78 is 5.55. The van der Waals surface area contributed by atoms with Gasteiger partial charge in [0, 0.05) is 18.4 Å². The Balaban J connectivity index is 1.54. The second kappa shape index (κ2) is 15.3. The zero-order chi connectivity index (χ0) is 38.6. The zero-order valence-corrected chi connectivity index (χ0v) is 33.0. The van der Waals surface area contributed by atoms with Crippen LogP contribution in [0, 0.1) is 0 Å². The van der Waals surface area contributed by atoms with E-state index < -0.39 is 11.5 Å². The van der Waals surface area contributed by atoms with Crippen LogP contribution in [-0.4, -0.2) is 19.2 Å². The molecule has 0 aromatic heterocycles. The van der Waals surface area contributed by atoms with Crippen LogP contribution in [0.4, 0.5) is 21.0 Å². The van der Waals surface area contributed by atoms with Gasteiger partial charge in [-0.05, 0) is 85.0 Å². The van der Waals surface area contributed by atoms with Crippen molar-refractivity contribution >= 4 is 23.5 Å². The molecule has 5 rings (SSSR count). The Morgan fingerprint density at radius 3 is 1.09 bits per heavy atom. The lowest BCUT2D eigenvalue weighted by molar-refractivity contribution is 0.155. The number of hydrogen-bond donors (Lipinski definition) is 3. The molecular weight excluding hydrogens is 655 g/mol. The molecule has 5 aromatic rings. The van der Waals surface area contributed by atoms with Crippen LogP contribution in [0.25, 0.3) is 0 Å². The van der Waals surface area contributed by atoms with E-state index in [1.165, 1.54) is 16.7 Å². The Labute approximate surface area is 316 Å². The third-order valence-electron chi connectivity index (χ3n) is 9.92. The molecule has 0 fully saturated rings. The van der Waals surface area contributed by atoms with Gasteiger partial charge < -0.3 is 15.4 Å². The second-order valence-electron chi connectivity index (χ2n) is 16.9. The van der Waals surface area contributed by atoms with Crippen molar-refractivity contribution in [3.8, 4) is 0 Å². The number of rotatable bonds is 8. The molecule has 3 N–H and O–H groups in total. The Hall–Kier alpha value is -5.36. The van der Waals surface area contributed by atoms with Crippen molar-refractivity contribution in [2.45, 2.75) is 90.6 Å². The fourth-order valence-corrected chi connectivity index (χ4v) is 6.64. The van der Waals surface area contributed by atoms with Crippen molar-refractivity contribution in [1.82, 2.24) is 5.32 Å². The van der Waals surface area contributed by atoms with Crippen LogP contribution in [0.5, 0.6) is 0 Å². The molecular formula is C47H55N3O3. The number of amides is 3. The summed E-state index contributed by atoms with van der Waals surface area (Å²) >= 11 is 0. The van der Waals surface area contributed by atoms with Crippen LogP contribution >= 0.6 is 0 Å². The smallest absolute Gasteiger partial charge is 0.411 e. The van der Waals surface area contributed by atoms with Gasteiger partial charge in [-0.15, -0.1) is 0 Å². The molecule has 0 radical (unpaired) electrons. The molecule has 0 unspecified atom stereocenters. The molecule has 53 heavy (non-hydrogen) atoms. The van der Waals surface area contributed by atoms with Gasteiger partial charge in [0.2, 0.25) is 0 Å². The molecule has 0 saturated carbocycles. The van der Waals surface area contributed by atoms with E-state index in [9.17, 15) is 9.59 Å². The molecule has 0 aliphatic carbocycles. The lowest BCUT2D eigenvalue weighted by atomic mass is 9.64. The fourth-order valence-electron chi connectivity index (χ4n) is 6.64. The minimum absolute atomic E-state index is 0.0132. The van der Waals surface area contributed by atoms with E-state index >= 15 is 0 Å². The predicted molar refractivity (Wildman–Crippen MR) is 219 cm³/mol. The van der Waals surface area contributed by atoms with Gasteiger partial charge in [-0.25, -0.2) is 9.59 Å². The van der Waals surface area contributed by atoms with E-state index in [0.29, 0.717) is 11.4 Å². The third-order valence-corrected chi connectivity index (χ3v) is 9.92. The second-order valence-corrected chi connectivity index (χ2v) is 16.9. The summed E-state index contributed by atoms with van der Waals surface area (Å²) in [4.78, 5) is 24.5. The highest BCUT2D eigenvalue weighted by Gasteiger charge is 2.39. The minimum Gasteiger partial charge on any atom is -0.444 e. The normalized spacial score (nSPS) is 12.2. The summed E-state index contributed by atoms with van der Waals surface area (Å²) in [6.07, 6.45) is -0.551. The van der Waals surface area contributed by atoms with Crippen LogP contribution in [-0.2, 0) is 33.0 Å². The monoisotopic (exact) mass is 709 g/mol. The van der Waals surface area contributed by atoms with E-state index in [2.05, 4.69) is 163 Å². The summed E-state index contributed by atoms with van der Waals surface area (Å²) in [6.45, 7) is 20.3. The molecule has 0 atom stereocenters. The van der Waals surface area contributed by atoms with Crippen molar-refractivity contribution in [3.63, 3.8) is 0 Å². The van der Waals surface area contributed by atoms with E-state index in [4.69, 9.17) is 4.74 Å². The highest BCUT2D eigenvalue weighted by molar-refractivity contribution is 5.89. The van der Waals surface area contributed by atoms with Gasteiger partial charge in [0.15, 0.2) is 0 Å². The van der Waals surface area contributed by atoms with Gasteiger partial charge >= 0.3 is 12.1 Å².